The van der Waals surface area contributed by atoms with E-state index in [4.69, 9.17) is 4.74 Å². The van der Waals surface area contributed by atoms with E-state index in [-0.39, 0.29) is 0 Å². The molecule has 0 bridgehead atoms. The average Bonchev–Trinajstić information content (AvgIpc) is 2.86. The molecule has 4 heteroatoms. The minimum absolute atomic E-state index is 0.355. The first-order valence-corrected chi connectivity index (χ1v) is 8.49. The molecule has 2 aromatic rings. The van der Waals surface area contributed by atoms with Crippen LogP contribution >= 0.6 is 27.3 Å². The van der Waals surface area contributed by atoms with Gasteiger partial charge in [-0.25, -0.2) is 0 Å². The fraction of sp³-hybridized carbons (Fsp3) is 0.375. The van der Waals surface area contributed by atoms with Crippen LogP contribution in [0, 0.1) is 6.92 Å². The molecule has 106 valence electrons. The van der Waals surface area contributed by atoms with Crippen LogP contribution in [-0.2, 0) is 0 Å². The normalized spacial score (nSPS) is 19.2. The molecule has 0 radical (unpaired) electrons. The van der Waals surface area contributed by atoms with Gasteiger partial charge in [0.2, 0.25) is 0 Å². The first-order chi connectivity index (χ1) is 9.63. The van der Waals surface area contributed by atoms with Gasteiger partial charge in [-0.3, -0.25) is 0 Å². The maximum atomic E-state index is 5.74. The topological polar surface area (TPSA) is 21.3 Å². The lowest BCUT2D eigenvalue weighted by Gasteiger charge is -2.29. The molecule has 0 fully saturated rings. The molecule has 1 aliphatic heterocycles. The number of nitrogens with one attached hydrogen (secondary N) is 1. The van der Waals surface area contributed by atoms with Crippen LogP contribution in [0.5, 0.6) is 5.75 Å². The SMILES string of the molecule is Cc1ccc(C(C)NC2CCOc3ccc(Br)cc32)s1. The third-order valence-electron chi connectivity index (χ3n) is 3.65. The van der Waals surface area contributed by atoms with Crippen molar-refractivity contribution in [1.82, 2.24) is 5.32 Å². The van der Waals surface area contributed by atoms with Gasteiger partial charge in [0.05, 0.1) is 6.61 Å². The van der Waals surface area contributed by atoms with Crippen LogP contribution in [0.25, 0.3) is 0 Å². The van der Waals surface area contributed by atoms with Crippen LogP contribution in [0.3, 0.4) is 0 Å². The Hall–Kier alpha value is -0.840. The second kappa shape index (κ2) is 5.88. The van der Waals surface area contributed by atoms with E-state index >= 15 is 0 Å². The number of hydrogen-bond donors (Lipinski definition) is 1. The Morgan fingerprint density at radius 3 is 2.95 bits per heavy atom. The summed E-state index contributed by atoms with van der Waals surface area (Å²) in [4.78, 5) is 2.76. The van der Waals surface area contributed by atoms with E-state index in [0.29, 0.717) is 12.1 Å². The Labute approximate surface area is 132 Å². The molecular formula is C16H18BrNOS. The Balaban J connectivity index is 1.80. The zero-order valence-electron chi connectivity index (χ0n) is 11.7. The molecule has 1 aromatic carbocycles. The second-order valence-corrected chi connectivity index (χ2v) is 7.44. The predicted octanol–water partition coefficient (Wildman–Crippen LogP) is 4.99. The zero-order valence-corrected chi connectivity index (χ0v) is 14.1. The Kier molecular flexibility index (Phi) is 4.15. The molecule has 2 heterocycles. The molecular weight excluding hydrogens is 334 g/mol. The maximum Gasteiger partial charge on any atom is 0.124 e. The van der Waals surface area contributed by atoms with E-state index in [1.165, 1.54) is 15.3 Å². The van der Waals surface area contributed by atoms with Gasteiger partial charge in [0.1, 0.15) is 5.75 Å². The monoisotopic (exact) mass is 351 g/mol. The molecule has 1 aromatic heterocycles. The third-order valence-corrected chi connectivity index (χ3v) is 5.33. The highest BCUT2D eigenvalue weighted by Crippen LogP contribution is 2.36. The number of hydrogen-bond acceptors (Lipinski definition) is 3. The Morgan fingerprint density at radius 2 is 2.20 bits per heavy atom. The predicted molar refractivity (Wildman–Crippen MR) is 87.6 cm³/mol. The fourth-order valence-corrected chi connectivity index (χ4v) is 3.88. The molecule has 20 heavy (non-hydrogen) atoms. The summed E-state index contributed by atoms with van der Waals surface area (Å²) >= 11 is 5.42. The van der Waals surface area contributed by atoms with Crippen LogP contribution in [0.15, 0.2) is 34.8 Å². The summed E-state index contributed by atoms with van der Waals surface area (Å²) < 4.78 is 6.85. The van der Waals surface area contributed by atoms with Crippen LogP contribution in [0.1, 0.15) is 40.7 Å². The van der Waals surface area contributed by atoms with Gasteiger partial charge >= 0.3 is 0 Å². The van der Waals surface area contributed by atoms with E-state index in [1.54, 1.807) is 0 Å². The molecule has 1 aliphatic rings. The van der Waals surface area contributed by atoms with E-state index in [0.717, 1.165) is 23.2 Å². The van der Waals surface area contributed by atoms with Gasteiger partial charge in [-0.1, -0.05) is 15.9 Å². The van der Waals surface area contributed by atoms with Gasteiger partial charge in [-0.05, 0) is 44.2 Å². The number of aryl methyl sites for hydroxylation is 1. The van der Waals surface area contributed by atoms with Crippen molar-refractivity contribution >= 4 is 27.3 Å². The fourth-order valence-electron chi connectivity index (χ4n) is 2.61. The Morgan fingerprint density at radius 1 is 1.35 bits per heavy atom. The summed E-state index contributed by atoms with van der Waals surface area (Å²) in [7, 11) is 0. The molecule has 2 atom stereocenters. The number of fused-ring (bicyclic) bond motifs is 1. The Bertz CT molecular complexity index is 610. The van der Waals surface area contributed by atoms with Gasteiger partial charge in [0.15, 0.2) is 0 Å². The van der Waals surface area contributed by atoms with Crippen LogP contribution in [0.2, 0.25) is 0 Å². The van der Waals surface area contributed by atoms with Crippen molar-refractivity contribution in [3.63, 3.8) is 0 Å². The largest absolute Gasteiger partial charge is 0.493 e. The van der Waals surface area contributed by atoms with Crippen molar-refractivity contribution in [1.29, 1.82) is 0 Å². The van der Waals surface area contributed by atoms with Crippen LogP contribution < -0.4 is 10.1 Å². The smallest absolute Gasteiger partial charge is 0.124 e. The maximum absolute atomic E-state index is 5.74. The molecule has 2 unspecified atom stereocenters. The first-order valence-electron chi connectivity index (χ1n) is 6.88. The van der Waals surface area contributed by atoms with Crippen molar-refractivity contribution < 1.29 is 4.74 Å². The number of benzene rings is 1. The highest BCUT2D eigenvalue weighted by atomic mass is 79.9. The van der Waals surface area contributed by atoms with Crippen molar-refractivity contribution in [2.75, 3.05) is 6.61 Å². The first kappa shape index (κ1) is 14.1. The van der Waals surface area contributed by atoms with E-state index in [1.807, 2.05) is 23.5 Å². The van der Waals surface area contributed by atoms with Gasteiger partial charge in [0.25, 0.3) is 0 Å². The minimum atomic E-state index is 0.355. The molecule has 0 saturated heterocycles. The van der Waals surface area contributed by atoms with Crippen molar-refractivity contribution in [2.45, 2.75) is 32.4 Å². The highest BCUT2D eigenvalue weighted by molar-refractivity contribution is 9.10. The summed E-state index contributed by atoms with van der Waals surface area (Å²) in [5.74, 6) is 1.01. The van der Waals surface area contributed by atoms with Crippen LogP contribution in [-0.4, -0.2) is 6.61 Å². The van der Waals surface area contributed by atoms with Crippen molar-refractivity contribution in [3.05, 3.63) is 50.1 Å². The highest BCUT2D eigenvalue weighted by Gasteiger charge is 2.23. The minimum Gasteiger partial charge on any atom is -0.493 e. The summed E-state index contributed by atoms with van der Waals surface area (Å²) in [5, 5.41) is 3.74. The van der Waals surface area contributed by atoms with Gasteiger partial charge < -0.3 is 10.1 Å². The number of rotatable bonds is 3. The lowest BCUT2D eigenvalue weighted by atomic mass is 9.99. The summed E-state index contributed by atoms with van der Waals surface area (Å²) in [5.41, 5.74) is 1.26. The zero-order chi connectivity index (χ0) is 14.1. The van der Waals surface area contributed by atoms with E-state index in [9.17, 15) is 0 Å². The second-order valence-electron chi connectivity index (χ2n) is 5.21. The quantitative estimate of drug-likeness (QED) is 0.840. The van der Waals surface area contributed by atoms with Gasteiger partial charge in [-0.15, -0.1) is 11.3 Å². The summed E-state index contributed by atoms with van der Waals surface area (Å²) in [6.45, 7) is 5.17. The van der Waals surface area contributed by atoms with Gasteiger partial charge in [0, 0.05) is 38.3 Å². The lowest BCUT2D eigenvalue weighted by molar-refractivity contribution is 0.246. The standard InChI is InChI=1S/C16H18BrNOS/c1-10-3-6-16(20-10)11(2)18-14-7-8-19-15-5-4-12(17)9-13(14)15/h3-6,9,11,14,18H,7-8H2,1-2H3. The molecule has 2 nitrogen and oxygen atoms in total. The summed E-state index contributed by atoms with van der Waals surface area (Å²) in [6, 6.07) is 11.4. The molecule has 3 rings (SSSR count). The van der Waals surface area contributed by atoms with E-state index < -0.39 is 0 Å². The average molecular weight is 352 g/mol. The molecule has 1 N–H and O–H groups in total. The molecule has 0 amide bonds. The van der Waals surface area contributed by atoms with E-state index in [2.05, 4.69) is 53.3 Å². The number of ether oxygens (including phenoxy) is 1. The molecule has 0 saturated carbocycles. The van der Waals surface area contributed by atoms with Crippen molar-refractivity contribution in [2.24, 2.45) is 0 Å². The number of halogens is 1. The molecule has 0 aliphatic carbocycles. The van der Waals surface area contributed by atoms with Crippen LogP contribution in [0.4, 0.5) is 0 Å². The molecule has 0 spiro atoms. The summed E-state index contributed by atoms with van der Waals surface area (Å²) in [6.07, 6.45) is 1.01. The third kappa shape index (κ3) is 2.92. The van der Waals surface area contributed by atoms with Gasteiger partial charge in [-0.2, -0.15) is 0 Å². The number of thiophene rings is 1. The lowest BCUT2D eigenvalue weighted by Crippen LogP contribution is -2.29. The van der Waals surface area contributed by atoms with Crippen molar-refractivity contribution in [3.8, 4) is 5.75 Å².